The molecule has 3 aliphatic rings. The molecule has 0 radical (unpaired) electrons. The largest absolute Gasteiger partial charge is 0.480 e. The molecule has 2 aromatic rings. The summed E-state index contributed by atoms with van der Waals surface area (Å²) in [5.74, 6) is -2.93. The zero-order valence-electron chi connectivity index (χ0n) is 19.5. The van der Waals surface area contributed by atoms with Crippen LogP contribution < -0.4 is 27.0 Å². The highest BCUT2D eigenvalue weighted by Gasteiger charge is 2.40. The maximum Gasteiger partial charge on any atom is 0.329 e. The van der Waals surface area contributed by atoms with Gasteiger partial charge in [0.2, 0.25) is 5.91 Å². The van der Waals surface area contributed by atoms with Crippen molar-refractivity contribution in [2.45, 2.75) is 24.5 Å². The van der Waals surface area contributed by atoms with Crippen LogP contribution in [0.1, 0.15) is 17.2 Å². The fraction of sp³-hybridized carbons (Fsp3) is 0.192. The SMILES string of the molecule is NC1=CC2C(=O)N(c3ccc(CC(NC(=O)C4=Nc5ccccc5C4N)C(=O)O)cc3)C(=O)NC2C=C1. The Morgan fingerprint density at radius 2 is 1.86 bits per heavy atom. The molecule has 1 aliphatic carbocycles. The molecule has 2 aliphatic heterocycles. The van der Waals surface area contributed by atoms with Crippen LogP contribution in [0.3, 0.4) is 0 Å². The Balaban J connectivity index is 1.28. The lowest BCUT2D eigenvalue weighted by atomic mass is 9.90. The summed E-state index contributed by atoms with van der Waals surface area (Å²) < 4.78 is 0. The van der Waals surface area contributed by atoms with Crippen LogP contribution in [-0.4, -0.2) is 46.7 Å². The highest BCUT2D eigenvalue weighted by molar-refractivity contribution is 6.42. The number of rotatable bonds is 6. The molecule has 0 aromatic heterocycles. The van der Waals surface area contributed by atoms with Crippen molar-refractivity contribution in [2.24, 2.45) is 22.4 Å². The molecule has 1 saturated heterocycles. The molecule has 2 aromatic carbocycles. The first-order valence-electron chi connectivity index (χ1n) is 11.6. The van der Waals surface area contributed by atoms with Crippen LogP contribution in [-0.2, 0) is 20.8 Å². The summed E-state index contributed by atoms with van der Waals surface area (Å²) in [4.78, 5) is 55.6. The molecule has 11 heteroatoms. The van der Waals surface area contributed by atoms with Crippen molar-refractivity contribution in [3.63, 3.8) is 0 Å². The lowest BCUT2D eigenvalue weighted by Crippen LogP contribution is -2.59. The van der Waals surface area contributed by atoms with E-state index >= 15 is 0 Å². The number of hydrogen-bond acceptors (Lipinski definition) is 7. The number of para-hydroxylation sites is 1. The Hall–Kier alpha value is -4.77. The van der Waals surface area contributed by atoms with Crippen LogP contribution in [0.15, 0.2) is 77.4 Å². The van der Waals surface area contributed by atoms with Gasteiger partial charge in [-0.2, -0.15) is 0 Å². The second-order valence-electron chi connectivity index (χ2n) is 8.97. The van der Waals surface area contributed by atoms with Crippen molar-refractivity contribution in [1.29, 1.82) is 0 Å². The van der Waals surface area contributed by atoms with Crippen molar-refractivity contribution in [3.05, 3.63) is 83.6 Å². The van der Waals surface area contributed by atoms with Gasteiger partial charge in [0.15, 0.2) is 0 Å². The number of imide groups is 1. The molecule has 0 saturated carbocycles. The average molecular weight is 501 g/mol. The molecular formula is C26H24N6O5. The van der Waals surface area contributed by atoms with E-state index in [2.05, 4.69) is 15.6 Å². The summed E-state index contributed by atoms with van der Waals surface area (Å²) in [6, 6.07) is 10.3. The van der Waals surface area contributed by atoms with Crippen LogP contribution >= 0.6 is 0 Å². The third kappa shape index (κ3) is 4.47. The predicted molar refractivity (Wildman–Crippen MR) is 135 cm³/mol. The second-order valence-corrected chi connectivity index (χ2v) is 8.97. The number of fused-ring (bicyclic) bond motifs is 2. The first-order valence-corrected chi connectivity index (χ1v) is 11.6. The standard InChI is InChI=1S/C26H24N6O5/c27-14-7-10-19-17(12-14)24(34)32(26(37)31-19)15-8-5-13(6-9-15)11-20(25(35)36)30-23(33)22-21(28)16-3-1-2-4-18(16)29-22/h1-10,12,17,19-21H,11,27-28H2,(H,30,33)(H,31,37)(H,35,36). The summed E-state index contributed by atoms with van der Waals surface area (Å²) in [5.41, 5.74) is 14.6. The number of nitrogens with zero attached hydrogens (tertiary/aromatic N) is 2. The molecule has 0 spiro atoms. The fourth-order valence-corrected chi connectivity index (χ4v) is 4.60. The van der Waals surface area contributed by atoms with Gasteiger partial charge in [-0.05, 0) is 35.9 Å². The van der Waals surface area contributed by atoms with Gasteiger partial charge in [0.05, 0.1) is 29.4 Å². The molecule has 4 atom stereocenters. The van der Waals surface area contributed by atoms with E-state index in [1.807, 2.05) is 0 Å². The molecule has 1 fully saturated rings. The van der Waals surface area contributed by atoms with E-state index in [-0.39, 0.29) is 12.1 Å². The number of anilines is 1. The Kier molecular flexibility index (Phi) is 6.06. The van der Waals surface area contributed by atoms with Gasteiger partial charge in [0.25, 0.3) is 5.91 Å². The number of aliphatic carboxylic acids is 1. The lowest BCUT2D eigenvalue weighted by molar-refractivity contribution is -0.141. The van der Waals surface area contributed by atoms with Gasteiger partial charge in [-0.1, -0.05) is 36.4 Å². The molecular weight excluding hydrogens is 476 g/mol. The maximum absolute atomic E-state index is 13.0. The van der Waals surface area contributed by atoms with E-state index in [4.69, 9.17) is 11.5 Å². The van der Waals surface area contributed by atoms with E-state index < -0.39 is 47.9 Å². The molecule has 11 nitrogen and oxygen atoms in total. The number of nitrogens with two attached hydrogens (primary N) is 2. The number of carboxylic acids is 1. The maximum atomic E-state index is 13.0. The van der Waals surface area contributed by atoms with Crippen LogP contribution in [0, 0.1) is 5.92 Å². The zero-order chi connectivity index (χ0) is 26.3. The van der Waals surface area contributed by atoms with Gasteiger partial charge in [-0.25, -0.2) is 19.5 Å². The number of urea groups is 1. The molecule has 37 heavy (non-hydrogen) atoms. The summed E-state index contributed by atoms with van der Waals surface area (Å²) in [7, 11) is 0. The number of aliphatic imine (C=N–C) groups is 1. The molecule has 4 unspecified atom stereocenters. The summed E-state index contributed by atoms with van der Waals surface area (Å²) in [6.45, 7) is 0. The Labute approximate surface area is 211 Å². The number of carbonyl (C=O) groups excluding carboxylic acids is 3. The van der Waals surface area contributed by atoms with Crippen molar-refractivity contribution >= 4 is 40.9 Å². The van der Waals surface area contributed by atoms with E-state index in [9.17, 15) is 24.3 Å². The topological polar surface area (TPSA) is 180 Å². The van der Waals surface area contributed by atoms with Crippen LogP contribution in [0.4, 0.5) is 16.2 Å². The second kappa shape index (κ2) is 9.36. The summed E-state index contributed by atoms with van der Waals surface area (Å²) >= 11 is 0. The van der Waals surface area contributed by atoms with E-state index in [0.717, 1.165) is 4.90 Å². The van der Waals surface area contributed by atoms with Gasteiger partial charge in [-0.15, -0.1) is 0 Å². The molecule has 0 bridgehead atoms. The van der Waals surface area contributed by atoms with Gasteiger partial charge < -0.3 is 27.2 Å². The number of amides is 4. The number of hydrogen-bond donors (Lipinski definition) is 5. The normalized spacial score (nSPS) is 22.8. The highest BCUT2D eigenvalue weighted by atomic mass is 16.4. The fourth-order valence-electron chi connectivity index (χ4n) is 4.60. The smallest absolute Gasteiger partial charge is 0.329 e. The minimum absolute atomic E-state index is 0.0360. The minimum atomic E-state index is -1.25. The van der Waals surface area contributed by atoms with Gasteiger partial charge in [-0.3, -0.25) is 9.59 Å². The summed E-state index contributed by atoms with van der Waals surface area (Å²) in [6.07, 6.45) is 4.89. The monoisotopic (exact) mass is 500 g/mol. The third-order valence-corrected chi connectivity index (χ3v) is 6.53. The lowest BCUT2D eigenvalue weighted by Gasteiger charge is -2.36. The van der Waals surface area contributed by atoms with Crippen molar-refractivity contribution < 1.29 is 24.3 Å². The third-order valence-electron chi connectivity index (χ3n) is 6.53. The van der Waals surface area contributed by atoms with Crippen LogP contribution in [0.5, 0.6) is 0 Å². The van der Waals surface area contributed by atoms with Crippen LogP contribution in [0.2, 0.25) is 0 Å². The van der Waals surface area contributed by atoms with E-state index in [1.165, 1.54) is 0 Å². The Morgan fingerprint density at radius 1 is 1.14 bits per heavy atom. The Morgan fingerprint density at radius 3 is 2.57 bits per heavy atom. The van der Waals surface area contributed by atoms with Crippen molar-refractivity contribution in [3.8, 4) is 0 Å². The minimum Gasteiger partial charge on any atom is -0.480 e. The van der Waals surface area contributed by atoms with Gasteiger partial charge in [0.1, 0.15) is 11.8 Å². The van der Waals surface area contributed by atoms with E-state index in [0.29, 0.717) is 28.2 Å². The number of carboxylic acid groups (broad SMARTS) is 1. The van der Waals surface area contributed by atoms with Gasteiger partial charge >= 0.3 is 12.0 Å². The molecule has 5 rings (SSSR count). The molecule has 7 N–H and O–H groups in total. The highest BCUT2D eigenvalue weighted by Crippen LogP contribution is 2.32. The molecule has 2 heterocycles. The number of benzene rings is 2. The zero-order valence-corrected chi connectivity index (χ0v) is 19.5. The first kappa shape index (κ1) is 23.9. The average Bonchev–Trinajstić information content (AvgIpc) is 3.22. The van der Waals surface area contributed by atoms with Crippen molar-refractivity contribution in [2.75, 3.05) is 4.90 Å². The van der Waals surface area contributed by atoms with Crippen molar-refractivity contribution in [1.82, 2.24) is 10.6 Å². The molecule has 188 valence electrons. The Bertz CT molecular complexity index is 1400. The number of nitrogens with one attached hydrogen (secondary N) is 2. The van der Waals surface area contributed by atoms with E-state index in [1.54, 1.807) is 66.8 Å². The quantitative estimate of drug-likeness (QED) is 0.393. The predicted octanol–water partition coefficient (Wildman–Crippen LogP) is 1.04. The first-order chi connectivity index (χ1) is 17.7. The number of carbonyl (C=O) groups is 4. The molecule has 4 amide bonds. The van der Waals surface area contributed by atoms with Crippen LogP contribution in [0.25, 0.3) is 0 Å². The van der Waals surface area contributed by atoms with Gasteiger partial charge in [0, 0.05) is 17.7 Å². The summed E-state index contributed by atoms with van der Waals surface area (Å²) in [5, 5.41) is 15.0. The number of allylic oxidation sites excluding steroid dienone is 1.